The fraction of sp³-hybridized carbons (Fsp3) is 1.00. The zero-order chi connectivity index (χ0) is 10.3. The lowest BCUT2D eigenvalue weighted by Crippen LogP contribution is -2.34. The average Bonchev–Trinajstić information content (AvgIpc) is 2.11. The van der Waals surface area contributed by atoms with Crippen LogP contribution in [0.25, 0.3) is 0 Å². The third-order valence-electron chi connectivity index (χ3n) is 2.56. The summed E-state index contributed by atoms with van der Waals surface area (Å²) in [5, 5.41) is 8.76. The Balaban J connectivity index is 3.83. The molecular weight excluding hydrogens is 162 g/mol. The number of hydrogen-bond donors (Lipinski definition) is 1. The van der Waals surface area contributed by atoms with Crippen molar-refractivity contribution in [2.24, 2.45) is 5.41 Å². The second kappa shape index (κ2) is 6.39. The zero-order valence-corrected chi connectivity index (χ0v) is 9.64. The van der Waals surface area contributed by atoms with Crippen molar-refractivity contribution in [3.05, 3.63) is 0 Å². The number of aliphatic hydroxyl groups excluding tert-OH is 1. The fourth-order valence-corrected chi connectivity index (χ4v) is 1.69. The molecule has 13 heavy (non-hydrogen) atoms. The summed E-state index contributed by atoms with van der Waals surface area (Å²) in [5.41, 5.74) is 0.342. The Morgan fingerprint density at radius 3 is 2.08 bits per heavy atom. The fourth-order valence-electron chi connectivity index (χ4n) is 1.69. The van der Waals surface area contributed by atoms with Crippen molar-refractivity contribution in [3.8, 4) is 0 Å². The van der Waals surface area contributed by atoms with E-state index in [9.17, 15) is 0 Å². The Bertz CT molecular complexity index is 119. The van der Waals surface area contributed by atoms with Gasteiger partial charge in [0.05, 0.1) is 0 Å². The summed E-state index contributed by atoms with van der Waals surface area (Å²) in [7, 11) is 0. The van der Waals surface area contributed by atoms with E-state index in [-0.39, 0.29) is 0 Å². The molecule has 0 unspecified atom stereocenters. The largest absolute Gasteiger partial charge is 0.396 e. The molecule has 0 aliphatic heterocycles. The topological polar surface area (TPSA) is 23.5 Å². The summed E-state index contributed by atoms with van der Waals surface area (Å²) in [4.78, 5) is 2.44. The van der Waals surface area contributed by atoms with Gasteiger partial charge in [0.15, 0.2) is 0 Å². The molecule has 0 radical (unpaired) electrons. The SMILES string of the molecule is CCN(CC)CC(C)(C)CCCO. The van der Waals surface area contributed by atoms with Crippen molar-refractivity contribution >= 4 is 0 Å². The van der Waals surface area contributed by atoms with E-state index in [1.54, 1.807) is 0 Å². The molecule has 1 N–H and O–H groups in total. The summed E-state index contributed by atoms with van der Waals surface area (Å²) >= 11 is 0. The van der Waals surface area contributed by atoms with Crippen molar-refractivity contribution in [3.63, 3.8) is 0 Å². The monoisotopic (exact) mass is 187 g/mol. The van der Waals surface area contributed by atoms with Crippen LogP contribution in [0, 0.1) is 5.41 Å². The standard InChI is InChI=1S/C11H25NO/c1-5-12(6-2)10-11(3,4)8-7-9-13/h13H,5-10H2,1-4H3. The highest BCUT2D eigenvalue weighted by Gasteiger charge is 2.19. The Kier molecular flexibility index (Phi) is 6.35. The van der Waals surface area contributed by atoms with Crippen LogP contribution in [0.15, 0.2) is 0 Å². The highest BCUT2D eigenvalue weighted by Crippen LogP contribution is 2.23. The number of aliphatic hydroxyl groups is 1. The number of hydrogen-bond acceptors (Lipinski definition) is 2. The highest BCUT2D eigenvalue weighted by molar-refractivity contribution is 4.72. The Labute approximate surface area is 82.9 Å². The smallest absolute Gasteiger partial charge is 0.0431 e. The molecule has 0 bridgehead atoms. The molecule has 0 spiro atoms. The van der Waals surface area contributed by atoms with Gasteiger partial charge in [-0.1, -0.05) is 27.7 Å². The van der Waals surface area contributed by atoms with Crippen molar-refractivity contribution in [1.29, 1.82) is 0 Å². The predicted molar refractivity (Wildman–Crippen MR) is 57.9 cm³/mol. The molecule has 2 heteroatoms. The van der Waals surface area contributed by atoms with Crippen molar-refractivity contribution in [1.82, 2.24) is 4.90 Å². The molecule has 0 saturated heterocycles. The molecule has 0 saturated carbocycles. The van der Waals surface area contributed by atoms with Gasteiger partial charge in [-0.15, -0.1) is 0 Å². The molecule has 0 aromatic heterocycles. The normalized spacial score (nSPS) is 12.5. The molecule has 0 aliphatic carbocycles. The van der Waals surface area contributed by atoms with Crippen LogP contribution in [0.1, 0.15) is 40.5 Å². The van der Waals surface area contributed by atoms with Gasteiger partial charge in [-0.05, 0) is 31.3 Å². The van der Waals surface area contributed by atoms with Crippen LogP contribution in [0.5, 0.6) is 0 Å². The minimum atomic E-state index is 0.321. The van der Waals surface area contributed by atoms with Crippen molar-refractivity contribution < 1.29 is 5.11 Å². The van der Waals surface area contributed by atoms with E-state index in [0.29, 0.717) is 12.0 Å². The molecule has 0 aromatic carbocycles. The first-order chi connectivity index (χ1) is 6.05. The van der Waals surface area contributed by atoms with Gasteiger partial charge >= 0.3 is 0 Å². The maximum atomic E-state index is 8.76. The summed E-state index contributed by atoms with van der Waals surface area (Å²) in [5.74, 6) is 0. The van der Waals surface area contributed by atoms with E-state index in [1.807, 2.05) is 0 Å². The van der Waals surface area contributed by atoms with Crippen LogP contribution >= 0.6 is 0 Å². The van der Waals surface area contributed by atoms with Gasteiger partial charge in [0.1, 0.15) is 0 Å². The maximum absolute atomic E-state index is 8.76. The van der Waals surface area contributed by atoms with E-state index in [0.717, 1.165) is 32.5 Å². The van der Waals surface area contributed by atoms with Gasteiger partial charge in [0, 0.05) is 13.2 Å². The quantitative estimate of drug-likeness (QED) is 0.660. The molecule has 0 rings (SSSR count). The van der Waals surface area contributed by atoms with Gasteiger partial charge in [0.25, 0.3) is 0 Å². The van der Waals surface area contributed by atoms with Crippen LogP contribution in [-0.4, -0.2) is 36.2 Å². The van der Waals surface area contributed by atoms with Gasteiger partial charge in [-0.3, -0.25) is 0 Å². The average molecular weight is 187 g/mol. The van der Waals surface area contributed by atoms with Crippen LogP contribution in [0.3, 0.4) is 0 Å². The maximum Gasteiger partial charge on any atom is 0.0431 e. The van der Waals surface area contributed by atoms with Crippen molar-refractivity contribution in [2.45, 2.75) is 40.5 Å². The summed E-state index contributed by atoms with van der Waals surface area (Å²) < 4.78 is 0. The third kappa shape index (κ3) is 6.05. The minimum Gasteiger partial charge on any atom is -0.396 e. The highest BCUT2D eigenvalue weighted by atomic mass is 16.2. The predicted octanol–water partition coefficient (Wildman–Crippen LogP) is 2.13. The molecule has 0 fully saturated rings. The van der Waals surface area contributed by atoms with Gasteiger partial charge < -0.3 is 10.0 Å². The van der Waals surface area contributed by atoms with Crippen LogP contribution in [0.4, 0.5) is 0 Å². The lowest BCUT2D eigenvalue weighted by atomic mass is 9.87. The second-order valence-corrected chi connectivity index (χ2v) is 4.45. The van der Waals surface area contributed by atoms with E-state index in [1.165, 1.54) is 0 Å². The molecule has 80 valence electrons. The van der Waals surface area contributed by atoms with E-state index >= 15 is 0 Å². The molecule has 0 heterocycles. The Morgan fingerprint density at radius 2 is 1.69 bits per heavy atom. The summed E-state index contributed by atoms with van der Waals surface area (Å²) in [6.07, 6.45) is 2.04. The second-order valence-electron chi connectivity index (χ2n) is 4.45. The van der Waals surface area contributed by atoms with E-state index in [2.05, 4.69) is 32.6 Å². The molecule has 0 aliphatic rings. The van der Waals surface area contributed by atoms with Gasteiger partial charge in [-0.2, -0.15) is 0 Å². The number of rotatable bonds is 7. The van der Waals surface area contributed by atoms with Crippen molar-refractivity contribution in [2.75, 3.05) is 26.2 Å². The molecule has 0 atom stereocenters. The molecule has 0 amide bonds. The zero-order valence-electron chi connectivity index (χ0n) is 9.64. The van der Waals surface area contributed by atoms with E-state index < -0.39 is 0 Å². The number of nitrogens with zero attached hydrogens (tertiary/aromatic N) is 1. The van der Waals surface area contributed by atoms with Crippen LogP contribution in [0.2, 0.25) is 0 Å². The Hall–Kier alpha value is -0.0800. The molecule has 0 aromatic rings. The molecule has 2 nitrogen and oxygen atoms in total. The third-order valence-corrected chi connectivity index (χ3v) is 2.56. The van der Waals surface area contributed by atoms with Crippen LogP contribution < -0.4 is 0 Å². The minimum absolute atomic E-state index is 0.321. The van der Waals surface area contributed by atoms with Gasteiger partial charge in [0.2, 0.25) is 0 Å². The van der Waals surface area contributed by atoms with E-state index in [4.69, 9.17) is 5.11 Å². The summed E-state index contributed by atoms with van der Waals surface area (Å²) in [6, 6.07) is 0. The Morgan fingerprint density at radius 1 is 1.15 bits per heavy atom. The molecular formula is C11H25NO. The van der Waals surface area contributed by atoms with Crippen LogP contribution in [-0.2, 0) is 0 Å². The lowest BCUT2D eigenvalue weighted by molar-refractivity contribution is 0.166. The first-order valence-electron chi connectivity index (χ1n) is 5.39. The van der Waals surface area contributed by atoms with Gasteiger partial charge in [-0.25, -0.2) is 0 Å². The lowest BCUT2D eigenvalue weighted by Gasteiger charge is -2.31. The first-order valence-corrected chi connectivity index (χ1v) is 5.39. The summed E-state index contributed by atoms with van der Waals surface area (Å²) in [6.45, 7) is 12.7. The first kappa shape index (κ1) is 12.9.